The average Bonchev–Trinajstić information content (AvgIpc) is 3.10. The standard InChI is InChI=1S/C20H20N2O6S/c23-18(21-22-20(25)16-10-11-29(26,27)13-16)12-28-17-8-6-15(7-9-17)19(24)14-4-2-1-3-5-14/h1-9,16H,10-13H2,(H,21,23)(H,22,25)/t16-/m1/s1. The van der Waals surface area contributed by atoms with Gasteiger partial charge in [0.2, 0.25) is 5.91 Å². The van der Waals surface area contributed by atoms with Gasteiger partial charge in [-0.1, -0.05) is 30.3 Å². The summed E-state index contributed by atoms with van der Waals surface area (Å²) in [6, 6.07) is 15.2. The van der Waals surface area contributed by atoms with Crippen LogP contribution in [0.5, 0.6) is 5.75 Å². The van der Waals surface area contributed by atoms with Crippen molar-refractivity contribution in [3.8, 4) is 5.75 Å². The van der Waals surface area contributed by atoms with Gasteiger partial charge in [0.25, 0.3) is 5.91 Å². The van der Waals surface area contributed by atoms with Crippen LogP contribution in [0.25, 0.3) is 0 Å². The Kier molecular flexibility index (Phi) is 6.28. The van der Waals surface area contributed by atoms with Gasteiger partial charge in [0.15, 0.2) is 22.2 Å². The van der Waals surface area contributed by atoms with Gasteiger partial charge in [-0.25, -0.2) is 8.42 Å². The van der Waals surface area contributed by atoms with Crippen molar-refractivity contribution in [1.82, 2.24) is 10.9 Å². The quantitative estimate of drug-likeness (QED) is 0.533. The summed E-state index contributed by atoms with van der Waals surface area (Å²) in [4.78, 5) is 36.0. The lowest BCUT2D eigenvalue weighted by Gasteiger charge is -2.11. The van der Waals surface area contributed by atoms with Crippen molar-refractivity contribution < 1.29 is 27.5 Å². The Hall–Kier alpha value is -3.20. The molecule has 1 fully saturated rings. The van der Waals surface area contributed by atoms with Crippen LogP contribution in [0, 0.1) is 5.92 Å². The first-order valence-electron chi connectivity index (χ1n) is 8.96. The molecule has 0 spiro atoms. The summed E-state index contributed by atoms with van der Waals surface area (Å²) in [6.45, 7) is -0.352. The Morgan fingerprint density at radius 1 is 0.931 bits per heavy atom. The fourth-order valence-electron chi connectivity index (χ4n) is 2.88. The Labute approximate surface area is 168 Å². The lowest BCUT2D eigenvalue weighted by Crippen LogP contribution is -2.46. The van der Waals surface area contributed by atoms with Gasteiger partial charge >= 0.3 is 0 Å². The molecule has 1 atom stereocenters. The minimum atomic E-state index is -3.18. The van der Waals surface area contributed by atoms with Gasteiger partial charge in [-0.15, -0.1) is 0 Å². The van der Waals surface area contributed by atoms with Crippen molar-refractivity contribution in [1.29, 1.82) is 0 Å². The first-order chi connectivity index (χ1) is 13.8. The predicted molar refractivity (Wildman–Crippen MR) is 105 cm³/mol. The minimum absolute atomic E-state index is 0.0229. The van der Waals surface area contributed by atoms with Crippen LogP contribution in [0.2, 0.25) is 0 Å². The fraction of sp³-hybridized carbons (Fsp3) is 0.250. The van der Waals surface area contributed by atoms with Gasteiger partial charge in [0.1, 0.15) is 5.75 Å². The van der Waals surface area contributed by atoms with E-state index in [1.54, 1.807) is 48.5 Å². The van der Waals surface area contributed by atoms with Crippen LogP contribution in [-0.4, -0.2) is 44.1 Å². The number of hydrogen-bond donors (Lipinski definition) is 2. The number of ether oxygens (including phenoxy) is 1. The van der Waals surface area contributed by atoms with Gasteiger partial charge in [-0.05, 0) is 30.7 Å². The number of carbonyl (C=O) groups excluding carboxylic acids is 3. The van der Waals surface area contributed by atoms with E-state index in [2.05, 4.69) is 10.9 Å². The van der Waals surface area contributed by atoms with Crippen LogP contribution in [0.3, 0.4) is 0 Å². The van der Waals surface area contributed by atoms with Crippen molar-refractivity contribution in [3.63, 3.8) is 0 Å². The zero-order valence-corrected chi connectivity index (χ0v) is 16.3. The number of hydrogen-bond acceptors (Lipinski definition) is 6. The fourth-order valence-corrected chi connectivity index (χ4v) is 4.62. The van der Waals surface area contributed by atoms with Gasteiger partial charge in [0.05, 0.1) is 17.4 Å². The molecule has 0 unspecified atom stereocenters. The second kappa shape index (κ2) is 8.87. The molecule has 152 valence electrons. The summed E-state index contributed by atoms with van der Waals surface area (Å²) >= 11 is 0. The van der Waals surface area contributed by atoms with E-state index in [0.717, 1.165) is 0 Å². The molecule has 0 radical (unpaired) electrons. The molecule has 1 heterocycles. The van der Waals surface area contributed by atoms with E-state index >= 15 is 0 Å². The van der Waals surface area contributed by atoms with Crippen LogP contribution >= 0.6 is 0 Å². The van der Waals surface area contributed by atoms with Crippen molar-refractivity contribution >= 4 is 27.4 Å². The highest BCUT2D eigenvalue weighted by Crippen LogP contribution is 2.18. The van der Waals surface area contributed by atoms with E-state index < -0.39 is 27.6 Å². The minimum Gasteiger partial charge on any atom is -0.484 e. The molecule has 8 nitrogen and oxygen atoms in total. The van der Waals surface area contributed by atoms with E-state index in [1.165, 1.54) is 0 Å². The molecule has 0 saturated carbocycles. The van der Waals surface area contributed by atoms with E-state index in [0.29, 0.717) is 16.9 Å². The lowest BCUT2D eigenvalue weighted by molar-refractivity contribution is -0.131. The molecule has 1 aliphatic rings. The van der Waals surface area contributed by atoms with Gasteiger partial charge < -0.3 is 4.74 Å². The first-order valence-corrected chi connectivity index (χ1v) is 10.8. The van der Waals surface area contributed by atoms with Crippen LogP contribution in [0.1, 0.15) is 22.3 Å². The Balaban J connectivity index is 1.44. The molecule has 9 heteroatoms. The summed E-state index contributed by atoms with van der Waals surface area (Å²) < 4.78 is 28.1. The third-order valence-corrected chi connectivity index (χ3v) is 6.22. The Bertz CT molecular complexity index is 1000. The maximum Gasteiger partial charge on any atom is 0.276 e. The maximum absolute atomic E-state index is 12.3. The first kappa shape index (κ1) is 20.5. The highest BCUT2D eigenvalue weighted by Gasteiger charge is 2.33. The van der Waals surface area contributed by atoms with E-state index in [-0.39, 0.29) is 30.3 Å². The summed E-state index contributed by atoms with van der Waals surface area (Å²) in [7, 11) is -3.18. The molecule has 0 aromatic heterocycles. The van der Waals surface area contributed by atoms with E-state index in [4.69, 9.17) is 4.74 Å². The molecule has 2 amide bonds. The highest BCUT2D eigenvalue weighted by molar-refractivity contribution is 7.91. The van der Waals surface area contributed by atoms with Gasteiger partial charge in [-0.2, -0.15) is 0 Å². The third-order valence-electron chi connectivity index (χ3n) is 4.45. The SMILES string of the molecule is O=C(COc1ccc(C(=O)c2ccccc2)cc1)NNC(=O)[C@@H]1CCS(=O)(=O)C1. The summed E-state index contributed by atoms with van der Waals surface area (Å²) in [5.74, 6) is -1.75. The molecule has 2 N–H and O–H groups in total. The maximum atomic E-state index is 12.3. The number of rotatable bonds is 6. The molecule has 0 aliphatic carbocycles. The Morgan fingerprint density at radius 3 is 2.21 bits per heavy atom. The number of sulfone groups is 1. The molecular formula is C20H20N2O6S. The second-order valence-corrected chi connectivity index (χ2v) is 8.87. The van der Waals surface area contributed by atoms with Crippen LogP contribution in [0.15, 0.2) is 54.6 Å². The lowest BCUT2D eigenvalue weighted by atomic mass is 10.0. The summed E-state index contributed by atoms with van der Waals surface area (Å²) in [6.07, 6.45) is 0.245. The van der Waals surface area contributed by atoms with Crippen LogP contribution in [-0.2, 0) is 19.4 Å². The molecule has 1 saturated heterocycles. The zero-order chi connectivity index (χ0) is 20.9. The van der Waals surface area contributed by atoms with Crippen molar-refractivity contribution in [2.45, 2.75) is 6.42 Å². The van der Waals surface area contributed by atoms with Crippen molar-refractivity contribution in [3.05, 3.63) is 65.7 Å². The van der Waals surface area contributed by atoms with Gasteiger partial charge in [-0.3, -0.25) is 25.2 Å². The average molecular weight is 416 g/mol. The second-order valence-electron chi connectivity index (χ2n) is 6.65. The number of carbonyl (C=O) groups is 3. The molecule has 3 rings (SSSR count). The smallest absolute Gasteiger partial charge is 0.276 e. The Morgan fingerprint density at radius 2 is 1.59 bits per heavy atom. The summed E-state index contributed by atoms with van der Waals surface area (Å²) in [5, 5.41) is 0. The predicted octanol–water partition coefficient (Wildman–Crippen LogP) is 0.878. The van der Waals surface area contributed by atoms with Gasteiger partial charge in [0, 0.05) is 11.1 Å². The number of nitrogens with one attached hydrogen (secondary N) is 2. The largest absolute Gasteiger partial charge is 0.484 e. The molecule has 0 bridgehead atoms. The summed E-state index contributed by atoms with van der Waals surface area (Å²) in [5.41, 5.74) is 5.48. The normalized spacial score (nSPS) is 17.3. The number of amides is 2. The molecule has 2 aromatic carbocycles. The third kappa shape index (κ3) is 5.64. The highest BCUT2D eigenvalue weighted by atomic mass is 32.2. The number of hydrazine groups is 1. The van der Waals surface area contributed by atoms with Crippen LogP contribution in [0.4, 0.5) is 0 Å². The number of ketones is 1. The van der Waals surface area contributed by atoms with E-state index in [1.807, 2.05) is 6.07 Å². The monoisotopic (exact) mass is 416 g/mol. The topological polar surface area (TPSA) is 119 Å². The van der Waals surface area contributed by atoms with Crippen molar-refractivity contribution in [2.75, 3.05) is 18.1 Å². The van der Waals surface area contributed by atoms with Crippen molar-refractivity contribution in [2.24, 2.45) is 5.92 Å². The molecule has 1 aliphatic heterocycles. The van der Waals surface area contributed by atoms with E-state index in [9.17, 15) is 22.8 Å². The molecule has 2 aromatic rings. The zero-order valence-electron chi connectivity index (χ0n) is 15.5. The number of benzene rings is 2. The molecular weight excluding hydrogens is 396 g/mol. The van der Waals surface area contributed by atoms with Crippen LogP contribution < -0.4 is 15.6 Å². The molecule has 29 heavy (non-hydrogen) atoms.